The molecule has 0 radical (unpaired) electrons. The molecule has 0 saturated carbocycles. The van der Waals surface area contributed by atoms with Gasteiger partial charge in [0, 0.05) is 26.7 Å². The van der Waals surface area contributed by atoms with E-state index in [9.17, 15) is 9.59 Å². The third-order valence-electron chi connectivity index (χ3n) is 4.07. The number of hydrogen-bond acceptors (Lipinski definition) is 3. The number of nitrogens with zero attached hydrogens (tertiary/aromatic N) is 3. The highest BCUT2D eigenvalue weighted by Gasteiger charge is 2.19. The molecule has 26 heavy (non-hydrogen) atoms. The van der Waals surface area contributed by atoms with Gasteiger partial charge in [-0.1, -0.05) is 50.2 Å². The molecule has 0 aliphatic carbocycles. The summed E-state index contributed by atoms with van der Waals surface area (Å²) >= 11 is 0. The van der Waals surface area contributed by atoms with Gasteiger partial charge in [-0.15, -0.1) is 0 Å². The van der Waals surface area contributed by atoms with Crippen LogP contribution in [0, 0.1) is 0 Å². The Morgan fingerprint density at radius 3 is 2.00 bits per heavy atom. The van der Waals surface area contributed by atoms with Crippen LogP contribution in [0.2, 0.25) is 0 Å². The summed E-state index contributed by atoms with van der Waals surface area (Å²) in [6.45, 7) is 5.97. The first-order valence-corrected chi connectivity index (χ1v) is 9.12. The topological polar surface area (TPSA) is 53.5 Å². The van der Waals surface area contributed by atoms with Gasteiger partial charge >= 0.3 is 0 Å². The van der Waals surface area contributed by atoms with Gasteiger partial charge in [0.25, 0.3) is 11.8 Å². The van der Waals surface area contributed by atoms with Crippen LogP contribution in [0.15, 0.2) is 48.5 Å². The maximum absolute atomic E-state index is 12.7. The molecule has 0 fully saturated rings. The summed E-state index contributed by atoms with van der Waals surface area (Å²) in [6, 6.07) is 14.8. The normalized spacial score (nSPS) is 10.4. The third-order valence-corrected chi connectivity index (χ3v) is 4.07. The maximum atomic E-state index is 12.7. The van der Waals surface area contributed by atoms with E-state index in [1.165, 1.54) is 0 Å². The first-order valence-electron chi connectivity index (χ1n) is 9.12. The van der Waals surface area contributed by atoms with Crippen LogP contribution >= 0.6 is 0 Å². The van der Waals surface area contributed by atoms with Gasteiger partial charge in [0.05, 0.1) is 0 Å². The van der Waals surface area contributed by atoms with Crippen LogP contribution in [0.5, 0.6) is 0 Å². The number of aromatic nitrogens is 1. The average Bonchev–Trinajstić information content (AvgIpc) is 2.67. The molecule has 0 N–H and O–H groups in total. The van der Waals surface area contributed by atoms with Gasteiger partial charge in [-0.05, 0) is 30.5 Å². The fourth-order valence-corrected chi connectivity index (χ4v) is 2.81. The van der Waals surface area contributed by atoms with Gasteiger partial charge in [0.15, 0.2) is 0 Å². The molecule has 1 aromatic carbocycles. The smallest absolute Gasteiger partial charge is 0.272 e. The first kappa shape index (κ1) is 19.6. The zero-order valence-corrected chi connectivity index (χ0v) is 15.8. The molecule has 0 unspecified atom stereocenters. The Morgan fingerprint density at radius 1 is 0.846 bits per heavy atom. The lowest BCUT2D eigenvalue weighted by Gasteiger charge is -2.21. The molecule has 1 heterocycles. The van der Waals surface area contributed by atoms with Crippen LogP contribution in [0.1, 0.15) is 53.2 Å². The number of carbonyl (C=O) groups is 2. The van der Waals surface area contributed by atoms with Crippen molar-refractivity contribution in [2.45, 2.75) is 33.2 Å². The fraction of sp³-hybridized carbons (Fsp3) is 0.381. The van der Waals surface area contributed by atoms with E-state index in [1.807, 2.05) is 44.2 Å². The van der Waals surface area contributed by atoms with E-state index in [-0.39, 0.29) is 11.8 Å². The highest BCUT2D eigenvalue weighted by Crippen LogP contribution is 2.10. The van der Waals surface area contributed by atoms with Crippen LogP contribution in [0.25, 0.3) is 0 Å². The zero-order valence-electron chi connectivity index (χ0n) is 15.8. The predicted molar refractivity (Wildman–Crippen MR) is 103 cm³/mol. The Balaban J connectivity index is 2.14. The van der Waals surface area contributed by atoms with Crippen molar-refractivity contribution in [2.75, 3.05) is 20.1 Å². The van der Waals surface area contributed by atoms with Crippen LogP contribution in [0.3, 0.4) is 0 Å². The fourth-order valence-electron chi connectivity index (χ4n) is 2.81. The number of hydrogen-bond donors (Lipinski definition) is 0. The number of pyridine rings is 1. The molecule has 0 aliphatic heterocycles. The number of rotatable bonds is 8. The molecule has 0 saturated heterocycles. The van der Waals surface area contributed by atoms with E-state index in [4.69, 9.17) is 0 Å². The lowest BCUT2D eigenvalue weighted by Crippen LogP contribution is -2.34. The number of carbonyl (C=O) groups excluding carboxylic acids is 2. The molecule has 2 rings (SSSR count). The molecule has 0 spiro atoms. The molecule has 0 bridgehead atoms. The van der Waals surface area contributed by atoms with Crippen molar-refractivity contribution in [3.8, 4) is 0 Å². The molecule has 2 amide bonds. The van der Waals surface area contributed by atoms with Crippen molar-refractivity contribution < 1.29 is 9.59 Å². The second-order valence-corrected chi connectivity index (χ2v) is 6.35. The summed E-state index contributed by atoms with van der Waals surface area (Å²) in [7, 11) is 1.74. The molecule has 1 aromatic heterocycles. The van der Waals surface area contributed by atoms with Crippen LogP contribution in [0.4, 0.5) is 0 Å². The van der Waals surface area contributed by atoms with E-state index in [1.54, 1.807) is 35.0 Å². The summed E-state index contributed by atoms with van der Waals surface area (Å²) < 4.78 is 0. The minimum Gasteiger partial charge on any atom is -0.337 e. The van der Waals surface area contributed by atoms with Crippen LogP contribution in [-0.2, 0) is 6.54 Å². The minimum absolute atomic E-state index is 0.117. The van der Waals surface area contributed by atoms with Crippen molar-refractivity contribution in [3.63, 3.8) is 0 Å². The molecule has 5 heteroatoms. The molecular weight excluding hydrogens is 326 g/mol. The maximum Gasteiger partial charge on any atom is 0.272 e. The minimum atomic E-state index is -0.193. The van der Waals surface area contributed by atoms with Gasteiger partial charge in [0.1, 0.15) is 11.4 Å². The van der Waals surface area contributed by atoms with E-state index in [0.717, 1.165) is 18.4 Å². The highest BCUT2D eigenvalue weighted by atomic mass is 16.2. The van der Waals surface area contributed by atoms with Crippen molar-refractivity contribution in [1.29, 1.82) is 0 Å². The van der Waals surface area contributed by atoms with Crippen molar-refractivity contribution in [2.24, 2.45) is 0 Å². The highest BCUT2D eigenvalue weighted by molar-refractivity contribution is 5.96. The molecule has 2 aromatic rings. The second-order valence-electron chi connectivity index (χ2n) is 6.35. The molecular formula is C21H27N3O2. The van der Waals surface area contributed by atoms with E-state index < -0.39 is 0 Å². The van der Waals surface area contributed by atoms with Gasteiger partial charge < -0.3 is 9.80 Å². The Labute approximate surface area is 155 Å². The van der Waals surface area contributed by atoms with Gasteiger partial charge in [0.2, 0.25) is 0 Å². The van der Waals surface area contributed by atoms with E-state index in [2.05, 4.69) is 4.98 Å². The number of benzene rings is 1. The Morgan fingerprint density at radius 2 is 1.42 bits per heavy atom. The monoisotopic (exact) mass is 353 g/mol. The quantitative estimate of drug-likeness (QED) is 0.728. The summed E-state index contributed by atoms with van der Waals surface area (Å²) in [4.78, 5) is 33.1. The lowest BCUT2D eigenvalue weighted by atomic mass is 10.2. The summed E-state index contributed by atoms with van der Waals surface area (Å²) in [5.74, 6) is -0.310. The SMILES string of the molecule is CCCN(CCC)C(=O)c1cccc(C(=O)N(C)Cc2ccccc2)n1. The van der Waals surface area contributed by atoms with Gasteiger partial charge in [-0.25, -0.2) is 4.98 Å². The van der Waals surface area contributed by atoms with Gasteiger partial charge in [-0.2, -0.15) is 0 Å². The molecule has 0 aliphatic rings. The predicted octanol–water partition coefficient (Wildman–Crippen LogP) is 3.62. The Hall–Kier alpha value is -2.69. The lowest BCUT2D eigenvalue weighted by molar-refractivity contribution is 0.0748. The van der Waals surface area contributed by atoms with Crippen LogP contribution in [-0.4, -0.2) is 46.7 Å². The van der Waals surface area contributed by atoms with Gasteiger partial charge in [-0.3, -0.25) is 9.59 Å². The van der Waals surface area contributed by atoms with Crippen molar-refractivity contribution in [1.82, 2.24) is 14.8 Å². The molecule has 138 valence electrons. The average molecular weight is 353 g/mol. The number of amides is 2. The summed E-state index contributed by atoms with van der Waals surface area (Å²) in [5, 5.41) is 0. The molecule has 0 atom stereocenters. The summed E-state index contributed by atoms with van der Waals surface area (Å²) in [5.41, 5.74) is 1.67. The van der Waals surface area contributed by atoms with E-state index in [0.29, 0.717) is 31.0 Å². The Kier molecular flexibility index (Phi) is 7.33. The van der Waals surface area contributed by atoms with Crippen LogP contribution < -0.4 is 0 Å². The molecule has 5 nitrogen and oxygen atoms in total. The standard InChI is InChI=1S/C21H27N3O2/c1-4-14-24(15-5-2)21(26)19-13-9-12-18(22-19)20(25)23(3)16-17-10-7-6-8-11-17/h6-13H,4-5,14-16H2,1-3H3. The van der Waals surface area contributed by atoms with Crippen molar-refractivity contribution in [3.05, 3.63) is 65.5 Å². The zero-order chi connectivity index (χ0) is 18.9. The second kappa shape index (κ2) is 9.70. The Bertz CT molecular complexity index is 725. The third kappa shape index (κ3) is 5.15. The first-order chi connectivity index (χ1) is 12.6. The largest absolute Gasteiger partial charge is 0.337 e. The summed E-state index contributed by atoms with van der Waals surface area (Å²) in [6.07, 6.45) is 1.79. The van der Waals surface area contributed by atoms with E-state index >= 15 is 0 Å². The van der Waals surface area contributed by atoms with Crippen molar-refractivity contribution >= 4 is 11.8 Å².